The molecule has 0 amide bonds. The number of ether oxygens (including phenoxy) is 1. The number of nitrogens with one attached hydrogen (secondary N) is 1. The number of methoxy groups -OCH3 is 1. The van der Waals surface area contributed by atoms with E-state index in [1.807, 2.05) is 11.7 Å². The standard InChI is InChI=1S/C15H28N4O/c1-5-8-16-11-14-12(2)17-18(3)15(14)19(9-10-20-4)13-6-7-13/h13,16H,5-11H2,1-4H3. The summed E-state index contributed by atoms with van der Waals surface area (Å²) < 4.78 is 7.30. The molecule has 0 aromatic carbocycles. The average molecular weight is 280 g/mol. The molecule has 1 aliphatic rings. The van der Waals surface area contributed by atoms with E-state index in [0.29, 0.717) is 6.04 Å². The zero-order valence-electron chi connectivity index (χ0n) is 13.3. The summed E-state index contributed by atoms with van der Waals surface area (Å²) >= 11 is 0. The van der Waals surface area contributed by atoms with Crippen LogP contribution in [0.3, 0.4) is 0 Å². The first-order valence-electron chi connectivity index (χ1n) is 7.67. The molecule has 0 unspecified atom stereocenters. The Morgan fingerprint density at radius 2 is 2.20 bits per heavy atom. The van der Waals surface area contributed by atoms with Gasteiger partial charge in [-0.15, -0.1) is 0 Å². The van der Waals surface area contributed by atoms with Crippen molar-refractivity contribution in [3.05, 3.63) is 11.3 Å². The molecule has 5 nitrogen and oxygen atoms in total. The van der Waals surface area contributed by atoms with Gasteiger partial charge in [0.1, 0.15) is 5.82 Å². The van der Waals surface area contributed by atoms with Crippen LogP contribution in [0.5, 0.6) is 0 Å². The SMILES string of the molecule is CCCNCc1c(C)nn(C)c1N(CCOC)C1CC1. The molecule has 2 rings (SSSR count). The Bertz CT molecular complexity index is 426. The van der Waals surface area contributed by atoms with Gasteiger partial charge in [-0.25, -0.2) is 0 Å². The van der Waals surface area contributed by atoms with Crippen molar-refractivity contribution >= 4 is 5.82 Å². The van der Waals surface area contributed by atoms with Gasteiger partial charge in [-0.2, -0.15) is 5.10 Å². The van der Waals surface area contributed by atoms with E-state index in [1.165, 1.54) is 24.2 Å². The fraction of sp³-hybridized carbons (Fsp3) is 0.800. The summed E-state index contributed by atoms with van der Waals surface area (Å²) in [5, 5.41) is 8.13. The van der Waals surface area contributed by atoms with Crippen LogP contribution in [-0.2, 0) is 18.3 Å². The van der Waals surface area contributed by atoms with Crippen molar-refractivity contribution < 1.29 is 4.74 Å². The van der Waals surface area contributed by atoms with E-state index in [-0.39, 0.29) is 0 Å². The van der Waals surface area contributed by atoms with Crippen LogP contribution in [0, 0.1) is 6.92 Å². The topological polar surface area (TPSA) is 42.3 Å². The van der Waals surface area contributed by atoms with Crippen molar-refractivity contribution in [1.29, 1.82) is 0 Å². The predicted molar refractivity (Wildman–Crippen MR) is 82.2 cm³/mol. The third kappa shape index (κ3) is 3.52. The van der Waals surface area contributed by atoms with Crippen molar-refractivity contribution in [2.75, 3.05) is 31.7 Å². The van der Waals surface area contributed by atoms with Crippen LogP contribution in [0.2, 0.25) is 0 Å². The molecule has 1 heterocycles. The quantitative estimate of drug-likeness (QED) is 0.701. The number of nitrogens with zero attached hydrogens (tertiary/aromatic N) is 3. The van der Waals surface area contributed by atoms with E-state index in [0.717, 1.165) is 38.4 Å². The first kappa shape index (κ1) is 15.3. The van der Waals surface area contributed by atoms with Crippen molar-refractivity contribution in [1.82, 2.24) is 15.1 Å². The van der Waals surface area contributed by atoms with Crippen LogP contribution in [0.1, 0.15) is 37.4 Å². The van der Waals surface area contributed by atoms with Crippen LogP contribution in [0.15, 0.2) is 0 Å². The zero-order valence-corrected chi connectivity index (χ0v) is 13.3. The average Bonchev–Trinajstić information content (AvgIpc) is 3.21. The number of aryl methyl sites for hydroxylation is 2. The zero-order chi connectivity index (χ0) is 14.5. The minimum absolute atomic E-state index is 0.671. The number of aromatic nitrogens is 2. The lowest BCUT2D eigenvalue weighted by molar-refractivity contribution is 0.204. The molecule has 0 radical (unpaired) electrons. The molecule has 1 fully saturated rings. The molecule has 1 aromatic rings. The number of anilines is 1. The molecular formula is C15H28N4O. The molecule has 5 heteroatoms. The second-order valence-electron chi connectivity index (χ2n) is 5.61. The second kappa shape index (κ2) is 7.09. The van der Waals surface area contributed by atoms with E-state index >= 15 is 0 Å². The maximum absolute atomic E-state index is 5.27. The van der Waals surface area contributed by atoms with Gasteiger partial charge in [-0.3, -0.25) is 4.68 Å². The van der Waals surface area contributed by atoms with Gasteiger partial charge < -0.3 is 15.0 Å². The molecule has 1 aliphatic carbocycles. The Labute approximate surface area is 122 Å². The van der Waals surface area contributed by atoms with E-state index < -0.39 is 0 Å². The summed E-state index contributed by atoms with van der Waals surface area (Å²) in [4.78, 5) is 2.48. The molecule has 114 valence electrons. The minimum Gasteiger partial charge on any atom is -0.383 e. The van der Waals surface area contributed by atoms with Crippen molar-refractivity contribution in [3.63, 3.8) is 0 Å². The molecular weight excluding hydrogens is 252 g/mol. The van der Waals surface area contributed by atoms with Crippen LogP contribution in [-0.4, -0.2) is 42.6 Å². The molecule has 0 bridgehead atoms. The molecule has 20 heavy (non-hydrogen) atoms. The van der Waals surface area contributed by atoms with Crippen LogP contribution in [0.4, 0.5) is 5.82 Å². The Hall–Kier alpha value is -1.07. The fourth-order valence-corrected chi connectivity index (χ4v) is 2.68. The highest BCUT2D eigenvalue weighted by Crippen LogP contribution is 2.34. The lowest BCUT2D eigenvalue weighted by atomic mass is 10.2. The lowest BCUT2D eigenvalue weighted by Gasteiger charge is -2.25. The fourth-order valence-electron chi connectivity index (χ4n) is 2.68. The molecule has 1 N–H and O–H groups in total. The molecule has 0 saturated heterocycles. The summed E-state index contributed by atoms with van der Waals surface area (Å²) in [5.41, 5.74) is 2.47. The van der Waals surface area contributed by atoms with Gasteiger partial charge >= 0.3 is 0 Å². The Morgan fingerprint density at radius 3 is 2.80 bits per heavy atom. The van der Waals surface area contributed by atoms with Crippen LogP contribution in [0.25, 0.3) is 0 Å². The number of rotatable bonds is 9. The normalized spacial score (nSPS) is 14.8. The third-order valence-corrected chi connectivity index (χ3v) is 3.84. The molecule has 1 saturated carbocycles. The molecule has 1 aromatic heterocycles. The smallest absolute Gasteiger partial charge is 0.131 e. The van der Waals surface area contributed by atoms with E-state index in [2.05, 4.69) is 29.2 Å². The number of hydrogen-bond donors (Lipinski definition) is 1. The lowest BCUT2D eigenvalue weighted by Crippen LogP contribution is -2.32. The summed E-state index contributed by atoms with van der Waals surface area (Å²) in [6.07, 6.45) is 3.73. The maximum Gasteiger partial charge on any atom is 0.131 e. The largest absolute Gasteiger partial charge is 0.383 e. The Kier molecular flexibility index (Phi) is 5.43. The van der Waals surface area contributed by atoms with Crippen molar-refractivity contribution in [3.8, 4) is 0 Å². The second-order valence-corrected chi connectivity index (χ2v) is 5.61. The minimum atomic E-state index is 0.671. The summed E-state index contributed by atoms with van der Waals surface area (Å²) in [5.74, 6) is 1.27. The summed E-state index contributed by atoms with van der Waals surface area (Å²) in [7, 11) is 3.82. The van der Waals surface area contributed by atoms with Gasteiger partial charge in [0.15, 0.2) is 0 Å². The van der Waals surface area contributed by atoms with Crippen LogP contribution >= 0.6 is 0 Å². The molecule has 0 aliphatic heterocycles. The Morgan fingerprint density at radius 1 is 1.45 bits per heavy atom. The first-order valence-corrected chi connectivity index (χ1v) is 7.67. The van der Waals surface area contributed by atoms with E-state index in [1.54, 1.807) is 7.11 Å². The van der Waals surface area contributed by atoms with Crippen molar-refractivity contribution in [2.45, 2.75) is 45.7 Å². The van der Waals surface area contributed by atoms with Crippen LogP contribution < -0.4 is 10.2 Å². The number of hydrogen-bond acceptors (Lipinski definition) is 4. The van der Waals surface area contributed by atoms with Gasteiger partial charge in [0.05, 0.1) is 12.3 Å². The highest BCUT2D eigenvalue weighted by Gasteiger charge is 2.32. The van der Waals surface area contributed by atoms with Gasteiger partial charge in [0.2, 0.25) is 0 Å². The summed E-state index contributed by atoms with van der Waals surface area (Å²) in [6.45, 7) is 7.96. The monoisotopic (exact) mass is 280 g/mol. The van der Waals surface area contributed by atoms with Gasteiger partial charge in [0.25, 0.3) is 0 Å². The maximum atomic E-state index is 5.27. The van der Waals surface area contributed by atoms with E-state index in [4.69, 9.17) is 4.74 Å². The highest BCUT2D eigenvalue weighted by atomic mass is 16.5. The first-order chi connectivity index (χ1) is 9.69. The van der Waals surface area contributed by atoms with Crippen molar-refractivity contribution in [2.24, 2.45) is 7.05 Å². The van der Waals surface area contributed by atoms with Gasteiger partial charge in [-0.05, 0) is 32.7 Å². The molecule has 0 atom stereocenters. The third-order valence-electron chi connectivity index (χ3n) is 3.84. The molecule has 0 spiro atoms. The van der Waals surface area contributed by atoms with Gasteiger partial charge in [0, 0.05) is 38.9 Å². The predicted octanol–water partition coefficient (Wildman–Crippen LogP) is 1.84. The van der Waals surface area contributed by atoms with Gasteiger partial charge in [-0.1, -0.05) is 6.92 Å². The highest BCUT2D eigenvalue weighted by molar-refractivity contribution is 5.52. The Balaban J connectivity index is 2.18. The van der Waals surface area contributed by atoms with E-state index in [9.17, 15) is 0 Å². The summed E-state index contributed by atoms with van der Waals surface area (Å²) in [6, 6.07) is 0.671.